The van der Waals surface area contributed by atoms with Gasteiger partial charge in [-0.05, 0) is 42.8 Å². The van der Waals surface area contributed by atoms with Crippen molar-refractivity contribution in [2.75, 3.05) is 5.32 Å². The van der Waals surface area contributed by atoms with E-state index in [4.69, 9.17) is 0 Å². The van der Waals surface area contributed by atoms with Gasteiger partial charge in [-0.2, -0.15) is 8.78 Å². The van der Waals surface area contributed by atoms with Gasteiger partial charge in [-0.25, -0.2) is 0 Å². The highest BCUT2D eigenvalue weighted by atomic mass is 19.3. The zero-order valence-electron chi connectivity index (χ0n) is 13.7. The predicted octanol–water partition coefficient (Wildman–Crippen LogP) is 4.91. The van der Waals surface area contributed by atoms with Gasteiger partial charge in [0, 0.05) is 29.3 Å². The van der Waals surface area contributed by atoms with E-state index in [1.807, 2.05) is 24.4 Å². The summed E-state index contributed by atoms with van der Waals surface area (Å²) in [5, 5.41) is 3.74. The SMILES string of the molecule is CCCn1ccc2cc(NC(=O)c3ccccc3OC(F)F)ccc21. The molecule has 3 rings (SSSR count). The fraction of sp³-hybridized carbons (Fsp3) is 0.211. The highest BCUT2D eigenvalue weighted by Crippen LogP contribution is 2.24. The van der Waals surface area contributed by atoms with Crippen LogP contribution in [0.25, 0.3) is 10.9 Å². The Morgan fingerprint density at radius 3 is 2.76 bits per heavy atom. The van der Waals surface area contributed by atoms with E-state index < -0.39 is 12.5 Å². The molecule has 0 radical (unpaired) electrons. The number of anilines is 1. The molecule has 1 amide bonds. The van der Waals surface area contributed by atoms with Crippen molar-refractivity contribution < 1.29 is 18.3 Å². The van der Waals surface area contributed by atoms with Crippen molar-refractivity contribution in [3.8, 4) is 5.75 Å². The van der Waals surface area contributed by atoms with E-state index >= 15 is 0 Å². The molecule has 4 nitrogen and oxygen atoms in total. The molecule has 6 heteroatoms. The van der Waals surface area contributed by atoms with Crippen LogP contribution in [0.15, 0.2) is 54.7 Å². The molecule has 0 spiro atoms. The van der Waals surface area contributed by atoms with Gasteiger partial charge in [-0.3, -0.25) is 4.79 Å². The molecule has 1 N–H and O–H groups in total. The highest BCUT2D eigenvalue weighted by molar-refractivity contribution is 6.06. The summed E-state index contributed by atoms with van der Waals surface area (Å²) in [5.74, 6) is -0.645. The van der Waals surface area contributed by atoms with Crippen molar-refractivity contribution in [3.05, 3.63) is 60.3 Å². The maximum absolute atomic E-state index is 12.5. The van der Waals surface area contributed by atoms with Crippen LogP contribution in [0.5, 0.6) is 5.75 Å². The fourth-order valence-electron chi connectivity index (χ4n) is 2.77. The molecule has 130 valence electrons. The Labute approximate surface area is 144 Å². The lowest BCUT2D eigenvalue weighted by Crippen LogP contribution is -2.14. The number of benzene rings is 2. The van der Waals surface area contributed by atoms with E-state index in [9.17, 15) is 13.6 Å². The van der Waals surface area contributed by atoms with Crippen LogP contribution in [0.1, 0.15) is 23.7 Å². The summed E-state index contributed by atoms with van der Waals surface area (Å²) in [6.45, 7) is 0.0519. The Morgan fingerprint density at radius 2 is 2.00 bits per heavy atom. The van der Waals surface area contributed by atoms with Gasteiger partial charge in [-0.15, -0.1) is 0 Å². The third-order valence-electron chi connectivity index (χ3n) is 3.84. The zero-order chi connectivity index (χ0) is 17.8. The number of hydrogen-bond acceptors (Lipinski definition) is 2. The normalized spacial score (nSPS) is 11.0. The molecule has 0 aliphatic rings. The molecule has 3 aromatic rings. The maximum atomic E-state index is 12.5. The molecule has 2 aromatic carbocycles. The van der Waals surface area contributed by atoms with Gasteiger partial charge < -0.3 is 14.6 Å². The third kappa shape index (κ3) is 3.79. The average Bonchev–Trinajstić information content (AvgIpc) is 2.97. The molecular formula is C19H18F2N2O2. The van der Waals surface area contributed by atoms with E-state index in [1.54, 1.807) is 12.1 Å². The van der Waals surface area contributed by atoms with Crippen LogP contribution in [0.4, 0.5) is 14.5 Å². The molecule has 1 aromatic heterocycles. The Morgan fingerprint density at radius 1 is 1.20 bits per heavy atom. The first-order valence-corrected chi connectivity index (χ1v) is 8.02. The molecule has 0 atom stereocenters. The monoisotopic (exact) mass is 344 g/mol. The Balaban J connectivity index is 1.83. The van der Waals surface area contributed by atoms with Crippen LogP contribution in [0.3, 0.4) is 0 Å². The zero-order valence-corrected chi connectivity index (χ0v) is 13.7. The maximum Gasteiger partial charge on any atom is 0.387 e. The number of amides is 1. The van der Waals surface area contributed by atoms with Crippen LogP contribution in [-0.4, -0.2) is 17.1 Å². The van der Waals surface area contributed by atoms with Crippen molar-refractivity contribution >= 4 is 22.5 Å². The minimum absolute atomic E-state index is 0.0615. The number of aromatic nitrogens is 1. The van der Waals surface area contributed by atoms with Gasteiger partial charge in [0.25, 0.3) is 5.91 Å². The van der Waals surface area contributed by atoms with Crippen LogP contribution < -0.4 is 10.1 Å². The van der Waals surface area contributed by atoms with Crippen molar-refractivity contribution in [2.24, 2.45) is 0 Å². The number of ether oxygens (including phenoxy) is 1. The third-order valence-corrected chi connectivity index (χ3v) is 3.84. The Bertz CT molecular complexity index is 890. The van der Waals surface area contributed by atoms with Gasteiger partial charge >= 0.3 is 6.61 Å². The second kappa shape index (κ2) is 7.34. The molecule has 25 heavy (non-hydrogen) atoms. The number of hydrogen-bond donors (Lipinski definition) is 1. The molecule has 0 bridgehead atoms. The molecular weight excluding hydrogens is 326 g/mol. The van der Waals surface area contributed by atoms with Crippen LogP contribution >= 0.6 is 0 Å². The fourth-order valence-corrected chi connectivity index (χ4v) is 2.77. The topological polar surface area (TPSA) is 43.3 Å². The van der Waals surface area contributed by atoms with Gasteiger partial charge in [0.05, 0.1) is 5.56 Å². The first-order valence-electron chi connectivity index (χ1n) is 8.02. The van der Waals surface area contributed by atoms with Crippen LogP contribution in [0, 0.1) is 0 Å². The number of halogens is 2. The quantitative estimate of drug-likeness (QED) is 0.691. The van der Waals surface area contributed by atoms with E-state index in [0.29, 0.717) is 5.69 Å². The largest absolute Gasteiger partial charge is 0.434 e. The number of fused-ring (bicyclic) bond motifs is 1. The second-order valence-corrected chi connectivity index (χ2v) is 5.61. The van der Waals surface area contributed by atoms with E-state index in [-0.39, 0.29) is 11.3 Å². The summed E-state index contributed by atoms with van der Waals surface area (Å²) in [6, 6.07) is 13.5. The predicted molar refractivity (Wildman–Crippen MR) is 93.3 cm³/mol. The Hall–Kier alpha value is -2.89. The average molecular weight is 344 g/mol. The smallest absolute Gasteiger partial charge is 0.387 e. The second-order valence-electron chi connectivity index (χ2n) is 5.61. The van der Waals surface area contributed by atoms with Gasteiger partial charge in [0.1, 0.15) is 5.75 Å². The lowest BCUT2D eigenvalue weighted by molar-refractivity contribution is -0.0501. The molecule has 0 fully saturated rings. The molecule has 0 aliphatic carbocycles. The van der Waals surface area contributed by atoms with Crippen molar-refractivity contribution in [1.29, 1.82) is 0 Å². The van der Waals surface area contributed by atoms with Crippen molar-refractivity contribution in [3.63, 3.8) is 0 Å². The number of alkyl halides is 2. The standard InChI is InChI=1S/C19H18F2N2O2/c1-2-10-23-11-9-13-12-14(7-8-16(13)23)22-18(24)15-5-3-4-6-17(15)25-19(20)21/h3-9,11-12,19H,2,10H2,1H3,(H,22,24). The molecule has 0 aliphatic heterocycles. The van der Waals surface area contributed by atoms with Gasteiger partial charge in [-0.1, -0.05) is 19.1 Å². The summed E-state index contributed by atoms with van der Waals surface area (Å²) in [7, 11) is 0. The number of rotatable bonds is 6. The van der Waals surface area contributed by atoms with Crippen molar-refractivity contribution in [1.82, 2.24) is 4.57 Å². The van der Waals surface area contributed by atoms with E-state index in [2.05, 4.69) is 21.5 Å². The van der Waals surface area contributed by atoms with Crippen LogP contribution in [0.2, 0.25) is 0 Å². The van der Waals surface area contributed by atoms with Crippen molar-refractivity contribution in [2.45, 2.75) is 26.5 Å². The van der Waals surface area contributed by atoms with E-state index in [0.717, 1.165) is 23.9 Å². The van der Waals surface area contributed by atoms with Crippen LogP contribution in [-0.2, 0) is 6.54 Å². The number of carbonyl (C=O) groups excluding carboxylic acids is 1. The first kappa shape index (κ1) is 17.0. The summed E-state index contributed by atoms with van der Waals surface area (Å²) in [5.41, 5.74) is 1.74. The first-order chi connectivity index (χ1) is 12.1. The van der Waals surface area contributed by atoms with Gasteiger partial charge in [0.2, 0.25) is 0 Å². The summed E-state index contributed by atoms with van der Waals surface area (Å²) < 4.78 is 31.5. The Kier molecular flexibility index (Phi) is 4.97. The number of nitrogens with zero attached hydrogens (tertiary/aromatic N) is 1. The highest BCUT2D eigenvalue weighted by Gasteiger charge is 2.15. The number of para-hydroxylation sites is 1. The molecule has 1 heterocycles. The summed E-state index contributed by atoms with van der Waals surface area (Å²) in [4.78, 5) is 12.4. The molecule has 0 unspecified atom stereocenters. The molecule has 0 saturated carbocycles. The number of nitrogens with one attached hydrogen (secondary N) is 1. The minimum atomic E-state index is -2.98. The lowest BCUT2D eigenvalue weighted by Gasteiger charge is -2.11. The lowest BCUT2D eigenvalue weighted by atomic mass is 10.1. The minimum Gasteiger partial charge on any atom is -0.434 e. The summed E-state index contributed by atoms with van der Waals surface area (Å²) >= 11 is 0. The number of aryl methyl sites for hydroxylation is 1. The number of carbonyl (C=O) groups is 1. The van der Waals surface area contributed by atoms with Gasteiger partial charge in [0.15, 0.2) is 0 Å². The summed E-state index contributed by atoms with van der Waals surface area (Å²) in [6.07, 6.45) is 3.04. The molecule has 0 saturated heterocycles. The van der Waals surface area contributed by atoms with E-state index in [1.165, 1.54) is 18.2 Å².